The standard InChI is InChI=1S/C25H26FO2P/c26-24(25(27)19-11-10-18-23(25)20-12-4-1-5-13-20)29(28,21-14-6-2-7-15-21)22-16-8-3-9-17-22/h1-9,12-17,23-24,27H,10-11,18-19H2/t23-,24+,25-/m1/s1. The molecule has 4 heteroatoms. The van der Waals surface area contributed by atoms with Gasteiger partial charge in [-0.2, -0.15) is 0 Å². The molecule has 29 heavy (non-hydrogen) atoms. The van der Waals surface area contributed by atoms with Crippen LogP contribution in [-0.2, 0) is 4.57 Å². The average molecular weight is 408 g/mol. The second-order valence-electron chi connectivity index (χ2n) is 7.87. The first kappa shape index (κ1) is 20.1. The van der Waals surface area contributed by atoms with E-state index in [4.69, 9.17) is 0 Å². The lowest BCUT2D eigenvalue weighted by Crippen LogP contribution is -2.49. The van der Waals surface area contributed by atoms with Crippen LogP contribution in [0.2, 0.25) is 0 Å². The van der Waals surface area contributed by atoms with E-state index in [0.717, 1.165) is 18.4 Å². The molecule has 4 rings (SSSR count). The molecular weight excluding hydrogens is 382 g/mol. The molecule has 0 aliphatic heterocycles. The number of aliphatic hydroxyl groups is 1. The molecule has 0 amide bonds. The SMILES string of the molecule is O=P(c1ccccc1)(c1ccccc1)[C@H](F)[C@@]1(O)CCCC[C@@H]1c1ccccc1. The summed E-state index contributed by atoms with van der Waals surface area (Å²) in [5.74, 6) is -2.27. The van der Waals surface area contributed by atoms with E-state index in [0.29, 0.717) is 23.5 Å². The fraction of sp³-hybridized carbons (Fsp3) is 0.280. The van der Waals surface area contributed by atoms with Crippen molar-refractivity contribution in [2.75, 3.05) is 0 Å². The Morgan fingerprint density at radius 3 is 1.83 bits per heavy atom. The van der Waals surface area contributed by atoms with Gasteiger partial charge in [0.15, 0.2) is 13.1 Å². The number of hydrogen-bond donors (Lipinski definition) is 1. The predicted molar refractivity (Wildman–Crippen MR) is 117 cm³/mol. The molecule has 3 aromatic carbocycles. The lowest BCUT2D eigenvalue weighted by Gasteiger charge is -2.44. The highest BCUT2D eigenvalue weighted by molar-refractivity contribution is 7.79. The van der Waals surface area contributed by atoms with Gasteiger partial charge < -0.3 is 9.67 Å². The van der Waals surface area contributed by atoms with E-state index in [-0.39, 0.29) is 5.92 Å². The maximum atomic E-state index is 16.5. The maximum absolute atomic E-state index is 16.5. The van der Waals surface area contributed by atoms with Crippen LogP contribution in [0.15, 0.2) is 91.0 Å². The Morgan fingerprint density at radius 2 is 1.31 bits per heavy atom. The summed E-state index contributed by atoms with van der Waals surface area (Å²) in [5.41, 5.74) is -0.772. The third-order valence-electron chi connectivity index (χ3n) is 6.14. The first-order chi connectivity index (χ1) is 14.1. The summed E-state index contributed by atoms with van der Waals surface area (Å²) < 4.78 is 31.0. The first-order valence-electron chi connectivity index (χ1n) is 10.2. The van der Waals surface area contributed by atoms with Crippen LogP contribution in [0.1, 0.15) is 37.2 Å². The smallest absolute Gasteiger partial charge is 0.189 e. The number of halogens is 1. The van der Waals surface area contributed by atoms with Crippen molar-refractivity contribution in [3.05, 3.63) is 96.6 Å². The van der Waals surface area contributed by atoms with Gasteiger partial charge >= 0.3 is 0 Å². The summed E-state index contributed by atoms with van der Waals surface area (Å²) in [6.45, 7) is 0. The van der Waals surface area contributed by atoms with Crippen molar-refractivity contribution in [1.82, 2.24) is 0 Å². The van der Waals surface area contributed by atoms with Crippen LogP contribution in [0.3, 0.4) is 0 Å². The minimum Gasteiger partial charge on any atom is -0.386 e. The lowest BCUT2D eigenvalue weighted by molar-refractivity contribution is -0.0519. The molecule has 0 saturated heterocycles. The van der Waals surface area contributed by atoms with Gasteiger partial charge in [-0.3, -0.25) is 0 Å². The first-order valence-corrected chi connectivity index (χ1v) is 12.0. The van der Waals surface area contributed by atoms with Gasteiger partial charge in [0.2, 0.25) is 0 Å². The monoisotopic (exact) mass is 408 g/mol. The fourth-order valence-electron chi connectivity index (χ4n) is 4.63. The van der Waals surface area contributed by atoms with Gasteiger partial charge in [-0.05, 0) is 18.4 Å². The molecule has 1 aliphatic rings. The highest BCUT2D eigenvalue weighted by Gasteiger charge is 2.55. The molecule has 150 valence electrons. The van der Waals surface area contributed by atoms with Crippen molar-refractivity contribution in [2.45, 2.75) is 43.1 Å². The van der Waals surface area contributed by atoms with Crippen LogP contribution in [-0.4, -0.2) is 16.6 Å². The summed E-state index contributed by atoms with van der Waals surface area (Å²) in [7, 11) is -3.72. The van der Waals surface area contributed by atoms with Crippen molar-refractivity contribution in [3.63, 3.8) is 0 Å². The molecule has 3 aromatic rings. The maximum Gasteiger partial charge on any atom is 0.189 e. The van der Waals surface area contributed by atoms with Crippen molar-refractivity contribution >= 4 is 17.8 Å². The third kappa shape index (κ3) is 3.58. The molecule has 1 fully saturated rings. The molecule has 1 N–H and O–H groups in total. The topological polar surface area (TPSA) is 37.3 Å². The number of alkyl halides is 1. The lowest BCUT2D eigenvalue weighted by atomic mass is 9.72. The predicted octanol–water partition coefficient (Wildman–Crippen LogP) is 5.39. The third-order valence-corrected chi connectivity index (χ3v) is 9.35. The molecule has 0 bridgehead atoms. The Labute approximate surface area is 171 Å². The van der Waals surface area contributed by atoms with Crippen LogP contribution >= 0.6 is 7.14 Å². The molecule has 0 heterocycles. The normalized spacial score (nSPS) is 23.4. The summed E-state index contributed by atoms with van der Waals surface area (Å²) in [6, 6.07) is 27.2. The zero-order valence-corrected chi connectivity index (χ0v) is 17.2. The van der Waals surface area contributed by atoms with E-state index in [1.54, 1.807) is 48.5 Å². The van der Waals surface area contributed by atoms with E-state index in [9.17, 15) is 9.67 Å². The zero-order chi connectivity index (χ0) is 20.3. The van der Waals surface area contributed by atoms with Gasteiger partial charge in [-0.15, -0.1) is 0 Å². The summed E-state index contributed by atoms with van der Waals surface area (Å²) in [4.78, 5) is 0. The highest BCUT2D eigenvalue weighted by atomic mass is 31.2. The molecular formula is C25H26FO2P. The number of rotatable bonds is 5. The van der Waals surface area contributed by atoms with Crippen LogP contribution < -0.4 is 10.6 Å². The van der Waals surface area contributed by atoms with Crippen molar-refractivity contribution in [1.29, 1.82) is 0 Å². The van der Waals surface area contributed by atoms with Crippen LogP contribution in [0.5, 0.6) is 0 Å². The van der Waals surface area contributed by atoms with E-state index in [2.05, 4.69) is 0 Å². The van der Waals surface area contributed by atoms with E-state index in [1.807, 2.05) is 42.5 Å². The quantitative estimate of drug-likeness (QED) is 0.575. The van der Waals surface area contributed by atoms with Gasteiger partial charge in [-0.1, -0.05) is 104 Å². The summed E-state index contributed by atoms with van der Waals surface area (Å²) >= 11 is 0. The van der Waals surface area contributed by atoms with E-state index >= 15 is 4.39 Å². The van der Waals surface area contributed by atoms with Crippen molar-refractivity contribution in [3.8, 4) is 0 Å². The second-order valence-corrected chi connectivity index (χ2v) is 10.7. The summed E-state index contributed by atoms with van der Waals surface area (Å²) in [5, 5.41) is 12.7. The Morgan fingerprint density at radius 1 is 0.828 bits per heavy atom. The zero-order valence-electron chi connectivity index (χ0n) is 16.3. The highest BCUT2D eigenvalue weighted by Crippen LogP contribution is 2.59. The van der Waals surface area contributed by atoms with Crippen LogP contribution in [0.25, 0.3) is 0 Å². The minimum absolute atomic E-state index is 0.303. The number of hydrogen-bond acceptors (Lipinski definition) is 2. The van der Waals surface area contributed by atoms with Crippen molar-refractivity contribution in [2.24, 2.45) is 0 Å². The van der Waals surface area contributed by atoms with E-state index in [1.165, 1.54) is 0 Å². The fourth-order valence-corrected chi connectivity index (χ4v) is 7.62. The Kier molecular flexibility index (Phi) is 5.72. The summed E-state index contributed by atoms with van der Waals surface area (Å²) in [6.07, 6.45) is 2.64. The molecule has 0 unspecified atom stereocenters. The number of benzene rings is 3. The van der Waals surface area contributed by atoms with Gasteiger partial charge in [0.25, 0.3) is 0 Å². The Hall–Kier alpha value is -2.22. The molecule has 3 atom stereocenters. The molecule has 0 aromatic heterocycles. The molecule has 2 nitrogen and oxygen atoms in total. The van der Waals surface area contributed by atoms with Gasteiger partial charge in [-0.25, -0.2) is 4.39 Å². The molecule has 0 radical (unpaired) electrons. The molecule has 1 saturated carbocycles. The van der Waals surface area contributed by atoms with Crippen molar-refractivity contribution < 1.29 is 14.1 Å². The van der Waals surface area contributed by atoms with Gasteiger partial charge in [0.05, 0.1) is 0 Å². The Balaban J connectivity index is 1.85. The Bertz CT molecular complexity index is 934. The second kappa shape index (κ2) is 8.26. The van der Waals surface area contributed by atoms with Gasteiger partial charge in [0.1, 0.15) is 5.60 Å². The van der Waals surface area contributed by atoms with E-state index < -0.39 is 18.7 Å². The minimum atomic E-state index is -3.72. The average Bonchev–Trinajstić information content (AvgIpc) is 2.80. The molecule has 0 spiro atoms. The van der Waals surface area contributed by atoms with Crippen LogP contribution in [0, 0.1) is 0 Å². The molecule has 1 aliphatic carbocycles. The van der Waals surface area contributed by atoms with Gasteiger partial charge in [0, 0.05) is 16.5 Å². The largest absolute Gasteiger partial charge is 0.386 e. The van der Waals surface area contributed by atoms with Crippen LogP contribution in [0.4, 0.5) is 4.39 Å².